The van der Waals surface area contributed by atoms with Gasteiger partial charge in [0, 0.05) is 16.6 Å². The Labute approximate surface area is 127 Å². The van der Waals surface area contributed by atoms with Crippen molar-refractivity contribution in [2.75, 3.05) is 14.1 Å². The normalized spacial score (nSPS) is 12.6. The minimum atomic E-state index is 0.0384. The van der Waals surface area contributed by atoms with Crippen LogP contribution in [0, 0.1) is 0 Å². The number of halogens is 2. The molecular weight excluding hydrogens is 326 g/mol. The lowest BCUT2D eigenvalue weighted by atomic mass is 10.0. The third-order valence-electron chi connectivity index (χ3n) is 3.66. The summed E-state index contributed by atoms with van der Waals surface area (Å²) in [5.41, 5.74) is 2.16. The van der Waals surface area contributed by atoms with Gasteiger partial charge in [-0.1, -0.05) is 15.9 Å². The van der Waals surface area contributed by atoms with Gasteiger partial charge in [-0.05, 0) is 46.1 Å². The molecule has 104 valence electrons. The van der Waals surface area contributed by atoms with Crippen molar-refractivity contribution in [2.45, 2.75) is 31.8 Å². The zero-order valence-electron chi connectivity index (χ0n) is 11.7. The molecule has 1 aromatic carbocycles. The minimum Gasteiger partial charge on any atom is -0.325 e. The van der Waals surface area contributed by atoms with Crippen molar-refractivity contribution < 1.29 is 0 Å². The SMILES string of the molecule is CN(C)C(C)(C)Cn1c(CCl)nc2ccc(Br)cc21. The second-order valence-corrected chi connectivity index (χ2v) is 6.77. The number of hydrogen-bond donors (Lipinski definition) is 0. The Kier molecular flexibility index (Phi) is 4.23. The third kappa shape index (κ3) is 2.96. The molecule has 0 aliphatic heterocycles. The topological polar surface area (TPSA) is 21.1 Å². The van der Waals surface area contributed by atoms with E-state index in [1.165, 1.54) is 0 Å². The Hall–Kier alpha value is -0.580. The highest BCUT2D eigenvalue weighted by Gasteiger charge is 2.23. The lowest BCUT2D eigenvalue weighted by Crippen LogP contribution is -2.42. The van der Waals surface area contributed by atoms with Crippen LogP contribution in [-0.2, 0) is 12.4 Å². The minimum absolute atomic E-state index is 0.0384. The Morgan fingerprint density at radius 3 is 2.63 bits per heavy atom. The van der Waals surface area contributed by atoms with E-state index in [-0.39, 0.29) is 5.54 Å². The summed E-state index contributed by atoms with van der Waals surface area (Å²) in [4.78, 5) is 6.82. The van der Waals surface area contributed by atoms with Crippen LogP contribution in [0.5, 0.6) is 0 Å². The number of nitrogens with zero attached hydrogens (tertiary/aromatic N) is 3. The van der Waals surface area contributed by atoms with Crippen LogP contribution in [0.1, 0.15) is 19.7 Å². The molecule has 3 nitrogen and oxygen atoms in total. The summed E-state index contributed by atoms with van der Waals surface area (Å²) < 4.78 is 3.28. The van der Waals surface area contributed by atoms with Crippen molar-refractivity contribution in [2.24, 2.45) is 0 Å². The molecule has 0 N–H and O–H groups in total. The van der Waals surface area contributed by atoms with Crippen LogP contribution in [0.15, 0.2) is 22.7 Å². The highest BCUT2D eigenvalue weighted by molar-refractivity contribution is 9.10. The van der Waals surface area contributed by atoms with Crippen molar-refractivity contribution >= 4 is 38.6 Å². The smallest absolute Gasteiger partial charge is 0.124 e. The molecule has 0 saturated carbocycles. The van der Waals surface area contributed by atoms with Gasteiger partial charge in [0.2, 0.25) is 0 Å². The van der Waals surface area contributed by atoms with Crippen LogP contribution in [0.3, 0.4) is 0 Å². The van der Waals surface area contributed by atoms with Crippen molar-refractivity contribution in [3.63, 3.8) is 0 Å². The second-order valence-electron chi connectivity index (χ2n) is 5.59. The molecule has 0 radical (unpaired) electrons. The van der Waals surface area contributed by atoms with E-state index in [0.717, 1.165) is 27.9 Å². The molecule has 0 fully saturated rings. The van der Waals surface area contributed by atoms with Gasteiger partial charge < -0.3 is 9.47 Å². The number of hydrogen-bond acceptors (Lipinski definition) is 2. The van der Waals surface area contributed by atoms with Gasteiger partial charge in [0.15, 0.2) is 0 Å². The van der Waals surface area contributed by atoms with Crippen molar-refractivity contribution in [1.29, 1.82) is 0 Å². The van der Waals surface area contributed by atoms with Crippen molar-refractivity contribution in [3.05, 3.63) is 28.5 Å². The molecule has 1 aromatic heterocycles. The lowest BCUT2D eigenvalue weighted by molar-refractivity contribution is 0.170. The summed E-state index contributed by atoms with van der Waals surface area (Å²) in [5, 5.41) is 0. The Balaban J connectivity index is 2.54. The molecule has 0 bridgehead atoms. The van der Waals surface area contributed by atoms with E-state index < -0.39 is 0 Å². The first-order chi connectivity index (χ1) is 8.85. The molecule has 0 atom stereocenters. The highest BCUT2D eigenvalue weighted by Crippen LogP contribution is 2.25. The fraction of sp³-hybridized carbons (Fsp3) is 0.500. The van der Waals surface area contributed by atoms with Gasteiger partial charge in [0.05, 0.1) is 16.9 Å². The van der Waals surface area contributed by atoms with Gasteiger partial charge in [0.25, 0.3) is 0 Å². The zero-order chi connectivity index (χ0) is 14.2. The van der Waals surface area contributed by atoms with E-state index in [2.05, 4.69) is 64.4 Å². The molecule has 5 heteroatoms. The molecule has 0 spiro atoms. The van der Waals surface area contributed by atoms with Gasteiger partial charge in [-0.2, -0.15) is 0 Å². The first kappa shape index (κ1) is 14.8. The fourth-order valence-electron chi connectivity index (χ4n) is 1.95. The molecular formula is C14H19BrClN3. The van der Waals surface area contributed by atoms with Crippen LogP contribution in [0.2, 0.25) is 0 Å². The van der Waals surface area contributed by atoms with E-state index in [9.17, 15) is 0 Å². The summed E-state index contributed by atoms with van der Waals surface area (Å²) in [6.07, 6.45) is 0. The Morgan fingerprint density at radius 2 is 2.05 bits per heavy atom. The predicted octanol–water partition coefficient (Wildman–Crippen LogP) is 3.88. The average Bonchev–Trinajstić information content (AvgIpc) is 2.66. The number of aromatic nitrogens is 2. The summed E-state index contributed by atoms with van der Waals surface area (Å²) in [6.45, 7) is 5.29. The van der Waals surface area contributed by atoms with E-state index in [1.807, 2.05) is 12.1 Å². The largest absolute Gasteiger partial charge is 0.325 e. The fourth-order valence-corrected chi connectivity index (χ4v) is 2.51. The van der Waals surface area contributed by atoms with Crippen LogP contribution in [0.4, 0.5) is 0 Å². The number of benzene rings is 1. The third-order valence-corrected chi connectivity index (χ3v) is 4.40. The number of fused-ring (bicyclic) bond motifs is 1. The van der Waals surface area contributed by atoms with E-state index in [0.29, 0.717) is 5.88 Å². The van der Waals surface area contributed by atoms with Crippen LogP contribution >= 0.6 is 27.5 Å². The molecule has 0 amide bonds. The summed E-state index contributed by atoms with van der Waals surface area (Å²) in [6, 6.07) is 6.13. The van der Waals surface area contributed by atoms with E-state index in [4.69, 9.17) is 11.6 Å². The Morgan fingerprint density at radius 1 is 1.37 bits per heavy atom. The Bertz CT molecular complexity index is 590. The molecule has 0 aliphatic carbocycles. The summed E-state index contributed by atoms with van der Waals surface area (Å²) in [5.74, 6) is 1.35. The number of likely N-dealkylation sites (N-methyl/N-ethyl adjacent to an activating group) is 1. The molecule has 2 aromatic rings. The van der Waals surface area contributed by atoms with Crippen LogP contribution in [0.25, 0.3) is 11.0 Å². The first-order valence-electron chi connectivity index (χ1n) is 6.23. The maximum atomic E-state index is 6.04. The molecule has 1 heterocycles. The van der Waals surface area contributed by atoms with Gasteiger partial charge >= 0.3 is 0 Å². The first-order valence-corrected chi connectivity index (χ1v) is 7.56. The van der Waals surface area contributed by atoms with Gasteiger partial charge in [-0.25, -0.2) is 4.98 Å². The second kappa shape index (κ2) is 5.43. The van der Waals surface area contributed by atoms with E-state index >= 15 is 0 Å². The highest BCUT2D eigenvalue weighted by atomic mass is 79.9. The van der Waals surface area contributed by atoms with Crippen molar-refractivity contribution in [1.82, 2.24) is 14.5 Å². The van der Waals surface area contributed by atoms with E-state index in [1.54, 1.807) is 0 Å². The molecule has 0 saturated heterocycles. The number of imidazole rings is 1. The molecule has 0 aliphatic rings. The maximum absolute atomic E-state index is 6.04. The van der Waals surface area contributed by atoms with Gasteiger partial charge in [-0.3, -0.25) is 0 Å². The monoisotopic (exact) mass is 343 g/mol. The van der Waals surface area contributed by atoms with Gasteiger partial charge in [-0.15, -0.1) is 11.6 Å². The standard InChI is InChI=1S/C14H19BrClN3/c1-14(2,18(3)4)9-19-12-7-10(15)5-6-11(12)17-13(19)8-16/h5-7H,8-9H2,1-4H3. The van der Waals surface area contributed by atoms with Crippen molar-refractivity contribution in [3.8, 4) is 0 Å². The summed E-state index contributed by atoms with van der Waals surface area (Å²) >= 11 is 9.56. The predicted molar refractivity (Wildman–Crippen MR) is 84.8 cm³/mol. The molecule has 0 unspecified atom stereocenters. The lowest BCUT2D eigenvalue weighted by Gasteiger charge is -2.33. The quantitative estimate of drug-likeness (QED) is 0.785. The number of alkyl halides is 1. The van der Waals surface area contributed by atoms with Crippen LogP contribution < -0.4 is 0 Å². The summed E-state index contributed by atoms with van der Waals surface area (Å²) in [7, 11) is 4.19. The number of rotatable bonds is 4. The average molecular weight is 345 g/mol. The van der Waals surface area contributed by atoms with Gasteiger partial charge in [0.1, 0.15) is 5.82 Å². The zero-order valence-corrected chi connectivity index (χ0v) is 14.1. The maximum Gasteiger partial charge on any atom is 0.124 e. The molecule has 2 rings (SSSR count). The molecule has 19 heavy (non-hydrogen) atoms. The van der Waals surface area contributed by atoms with Crippen LogP contribution in [-0.4, -0.2) is 34.1 Å².